The molecule has 1 amide bonds. The molecule has 38 heavy (non-hydrogen) atoms. The van der Waals surface area contributed by atoms with Gasteiger partial charge in [-0.2, -0.15) is 17.5 Å². The second-order valence-corrected chi connectivity index (χ2v) is 9.80. The van der Waals surface area contributed by atoms with Crippen LogP contribution < -0.4 is 10.1 Å². The standard InChI is InChI=1S/C24H25F5N6O2S/c1-14-22(18(38-34-14)7-17-9-31-19(10-30-17)24(27,28)29)23(36)33-16-4-5-21(32-8-16)37-13-15-3-2-6-35(11-15)12-20(25)26/h4-5,8-10,15,20H,2-3,6-7,11-13H2,1H3,(H,33,36). The van der Waals surface area contributed by atoms with Crippen molar-refractivity contribution in [2.24, 2.45) is 5.92 Å². The molecule has 4 rings (SSSR count). The maximum absolute atomic E-state index is 13.0. The van der Waals surface area contributed by atoms with Crippen LogP contribution in [0.15, 0.2) is 30.7 Å². The number of nitrogens with zero attached hydrogens (tertiary/aromatic N) is 5. The Balaban J connectivity index is 1.33. The summed E-state index contributed by atoms with van der Waals surface area (Å²) in [6.45, 7) is 2.99. The Morgan fingerprint density at radius 1 is 1.21 bits per heavy atom. The number of hydrogen-bond donors (Lipinski definition) is 1. The molecule has 4 heterocycles. The highest BCUT2D eigenvalue weighted by Gasteiger charge is 2.33. The zero-order valence-corrected chi connectivity index (χ0v) is 21.2. The SMILES string of the molecule is Cc1nsc(Cc2cnc(C(F)(F)F)cn2)c1C(=O)Nc1ccc(OCC2CCCN(CC(F)F)C2)nc1. The summed E-state index contributed by atoms with van der Waals surface area (Å²) in [6.07, 6.45) is -1.99. The third kappa shape index (κ3) is 7.40. The molecule has 0 bridgehead atoms. The molecule has 1 fully saturated rings. The fraction of sp³-hybridized carbons (Fsp3) is 0.458. The summed E-state index contributed by atoms with van der Waals surface area (Å²) in [4.78, 5) is 26.7. The Kier molecular flexibility index (Phi) is 8.82. The Hall–Kier alpha value is -3.26. The number of aryl methyl sites for hydroxylation is 1. The number of carbonyl (C=O) groups is 1. The van der Waals surface area contributed by atoms with Crippen molar-refractivity contribution >= 4 is 23.1 Å². The molecule has 1 aliphatic heterocycles. The highest BCUT2D eigenvalue weighted by molar-refractivity contribution is 7.06. The number of rotatable bonds is 9. The number of pyridine rings is 1. The van der Waals surface area contributed by atoms with E-state index < -0.39 is 24.2 Å². The molecule has 204 valence electrons. The van der Waals surface area contributed by atoms with E-state index in [1.54, 1.807) is 24.0 Å². The number of anilines is 1. The lowest BCUT2D eigenvalue weighted by molar-refractivity contribution is -0.141. The van der Waals surface area contributed by atoms with Crippen LogP contribution in [0.4, 0.5) is 27.6 Å². The summed E-state index contributed by atoms with van der Waals surface area (Å²) in [5, 5.41) is 2.74. The minimum Gasteiger partial charge on any atom is -0.477 e. The summed E-state index contributed by atoms with van der Waals surface area (Å²) >= 11 is 1.06. The van der Waals surface area contributed by atoms with E-state index in [4.69, 9.17) is 4.74 Å². The highest BCUT2D eigenvalue weighted by atomic mass is 32.1. The van der Waals surface area contributed by atoms with Gasteiger partial charge in [-0.05, 0) is 43.9 Å². The second-order valence-electron chi connectivity index (χ2n) is 8.94. The average molecular weight is 557 g/mol. The highest BCUT2D eigenvalue weighted by Crippen LogP contribution is 2.28. The van der Waals surface area contributed by atoms with Crippen LogP contribution >= 0.6 is 11.5 Å². The lowest BCUT2D eigenvalue weighted by Crippen LogP contribution is -2.40. The molecule has 0 aliphatic carbocycles. The van der Waals surface area contributed by atoms with Crippen LogP contribution in [0.1, 0.15) is 45.2 Å². The molecule has 14 heteroatoms. The number of aromatic nitrogens is 4. The Morgan fingerprint density at radius 2 is 2.03 bits per heavy atom. The van der Waals surface area contributed by atoms with Crippen LogP contribution in [0.3, 0.4) is 0 Å². The fourth-order valence-electron chi connectivity index (χ4n) is 4.17. The molecule has 1 unspecified atom stereocenters. The van der Waals surface area contributed by atoms with Gasteiger partial charge in [0.25, 0.3) is 12.3 Å². The van der Waals surface area contributed by atoms with Crippen molar-refractivity contribution in [2.45, 2.75) is 38.8 Å². The summed E-state index contributed by atoms with van der Waals surface area (Å²) < 4.78 is 73.4. The van der Waals surface area contributed by atoms with Crippen LogP contribution in [0, 0.1) is 12.8 Å². The van der Waals surface area contributed by atoms with Gasteiger partial charge in [-0.15, -0.1) is 0 Å². The maximum Gasteiger partial charge on any atom is 0.434 e. The molecule has 3 aromatic heterocycles. The summed E-state index contributed by atoms with van der Waals surface area (Å²) in [5.74, 6) is 0.0392. The van der Waals surface area contributed by atoms with Crippen LogP contribution in [-0.4, -0.2) is 62.8 Å². The molecule has 0 saturated carbocycles. The van der Waals surface area contributed by atoms with Crippen molar-refractivity contribution in [1.29, 1.82) is 0 Å². The largest absolute Gasteiger partial charge is 0.477 e. The molecule has 0 aromatic carbocycles. The van der Waals surface area contributed by atoms with Gasteiger partial charge in [-0.3, -0.25) is 14.7 Å². The molecule has 0 radical (unpaired) electrons. The van der Waals surface area contributed by atoms with Gasteiger partial charge in [0.15, 0.2) is 5.69 Å². The molecule has 8 nitrogen and oxygen atoms in total. The van der Waals surface area contributed by atoms with Crippen molar-refractivity contribution in [2.75, 3.05) is 31.6 Å². The lowest BCUT2D eigenvalue weighted by Gasteiger charge is -2.32. The van der Waals surface area contributed by atoms with Gasteiger partial charge < -0.3 is 10.1 Å². The van der Waals surface area contributed by atoms with Gasteiger partial charge in [0.2, 0.25) is 5.88 Å². The van der Waals surface area contributed by atoms with Crippen LogP contribution in [0.2, 0.25) is 0 Å². The Labute approximate surface area is 219 Å². The summed E-state index contributed by atoms with van der Waals surface area (Å²) in [6, 6.07) is 3.23. The van der Waals surface area contributed by atoms with Crippen molar-refractivity contribution in [1.82, 2.24) is 24.2 Å². The molecule has 1 saturated heterocycles. The topological polar surface area (TPSA) is 93.1 Å². The zero-order valence-electron chi connectivity index (χ0n) is 20.3. The number of carbonyl (C=O) groups excluding carboxylic acids is 1. The van der Waals surface area contributed by atoms with Crippen molar-refractivity contribution in [3.63, 3.8) is 0 Å². The number of amides is 1. The number of alkyl halides is 5. The van der Waals surface area contributed by atoms with E-state index in [1.165, 1.54) is 6.20 Å². The molecule has 1 N–H and O–H groups in total. The summed E-state index contributed by atoms with van der Waals surface area (Å²) in [5.41, 5.74) is 0.376. The third-order valence-corrected chi connectivity index (χ3v) is 6.89. The minimum atomic E-state index is -4.58. The van der Waals surface area contributed by atoms with Crippen LogP contribution in [0.25, 0.3) is 0 Å². The van der Waals surface area contributed by atoms with E-state index in [1.807, 2.05) is 0 Å². The van der Waals surface area contributed by atoms with Crippen molar-refractivity contribution in [3.05, 3.63) is 58.2 Å². The molecule has 1 atom stereocenters. The van der Waals surface area contributed by atoms with Gasteiger partial charge in [-0.1, -0.05) is 0 Å². The quantitative estimate of drug-likeness (QED) is 0.377. The number of piperidine rings is 1. The first kappa shape index (κ1) is 27.8. The van der Waals surface area contributed by atoms with E-state index in [2.05, 4.69) is 24.6 Å². The zero-order chi connectivity index (χ0) is 27.3. The van der Waals surface area contributed by atoms with E-state index in [0.717, 1.165) is 30.6 Å². The molecule has 1 aliphatic rings. The number of halogens is 5. The third-order valence-electron chi connectivity index (χ3n) is 5.96. The number of hydrogen-bond acceptors (Lipinski definition) is 8. The monoisotopic (exact) mass is 556 g/mol. The van der Waals surface area contributed by atoms with Crippen molar-refractivity contribution < 1.29 is 31.5 Å². The number of likely N-dealkylation sites (tertiary alicyclic amines) is 1. The van der Waals surface area contributed by atoms with Gasteiger partial charge in [0, 0.05) is 36.0 Å². The first-order valence-corrected chi connectivity index (χ1v) is 12.6. The molecule has 3 aromatic rings. The van der Waals surface area contributed by atoms with Gasteiger partial charge in [0.05, 0.1) is 48.2 Å². The van der Waals surface area contributed by atoms with E-state index in [-0.39, 0.29) is 24.6 Å². The lowest BCUT2D eigenvalue weighted by atomic mass is 9.99. The average Bonchev–Trinajstić information content (AvgIpc) is 3.23. The summed E-state index contributed by atoms with van der Waals surface area (Å²) in [7, 11) is 0. The predicted octanol–water partition coefficient (Wildman–Crippen LogP) is 4.85. The van der Waals surface area contributed by atoms with Gasteiger partial charge in [-0.25, -0.2) is 18.7 Å². The van der Waals surface area contributed by atoms with E-state index in [9.17, 15) is 26.7 Å². The maximum atomic E-state index is 13.0. The minimum absolute atomic E-state index is 0.0976. The van der Waals surface area contributed by atoms with E-state index in [0.29, 0.717) is 53.6 Å². The van der Waals surface area contributed by atoms with Crippen LogP contribution in [0.5, 0.6) is 5.88 Å². The first-order chi connectivity index (χ1) is 18.1. The Bertz CT molecular complexity index is 1220. The molecule has 0 spiro atoms. The van der Waals surface area contributed by atoms with Gasteiger partial charge >= 0.3 is 6.18 Å². The predicted molar refractivity (Wildman–Crippen MR) is 130 cm³/mol. The Morgan fingerprint density at radius 3 is 2.68 bits per heavy atom. The van der Waals surface area contributed by atoms with Gasteiger partial charge in [0.1, 0.15) is 0 Å². The molecular weight excluding hydrogens is 531 g/mol. The first-order valence-electron chi connectivity index (χ1n) is 11.8. The number of ether oxygens (including phenoxy) is 1. The van der Waals surface area contributed by atoms with Crippen LogP contribution in [-0.2, 0) is 12.6 Å². The number of nitrogens with one attached hydrogen (secondary N) is 1. The molecular formula is C24H25F5N6O2S. The second kappa shape index (κ2) is 12.1. The smallest absolute Gasteiger partial charge is 0.434 e. The van der Waals surface area contributed by atoms with E-state index >= 15 is 0 Å². The van der Waals surface area contributed by atoms with Crippen molar-refractivity contribution in [3.8, 4) is 5.88 Å². The normalized spacial score (nSPS) is 16.6. The fourth-order valence-corrected chi connectivity index (χ4v) is 5.05.